The summed E-state index contributed by atoms with van der Waals surface area (Å²) in [5.41, 5.74) is 1.49. The van der Waals surface area contributed by atoms with Crippen LogP contribution in [0.2, 0.25) is 0 Å². The van der Waals surface area contributed by atoms with Crippen LogP contribution in [0.1, 0.15) is 35.8 Å². The molecule has 2 N–H and O–H groups in total. The van der Waals surface area contributed by atoms with Crippen LogP contribution < -0.4 is 10.6 Å². The summed E-state index contributed by atoms with van der Waals surface area (Å²) in [4.78, 5) is 25.1. The molecule has 0 saturated heterocycles. The van der Waals surface area contributed by atoms with Crippen molar-refractivity contribution in [3.8, 4) is 0 Å². The van der Waals surface area contributed by atoms with Gasteiger partial charge in [-0.3, -0.25) is 9.59 Å². The number of amides is 2. The van der Waals surface area contributed by atoms with E-state index in [1.54, 1.807) is 37.3 Å². The number of carbonyl (C=O) groups is 2. The molecule has 0 saturated carbocycles. The second-order valence-corrected chi connectivity index (χ2v) is 7.06. The van der Waals surface area contributed by atoms with Crippen molar-refractivity contribution in [3.63, 3.8) is 0 Å². The van der Waals surface area contributed by atoms with Crippen LogP contribution in [0, 0.1) is 5.82 Å². The molecule has 2 aromatic rings. The molecule has 0 aromatic heterocycles. The first-order valence-corrected chi connectivity index (χ1v) is 8.50. The maximum Gasteiger partial charge on any atom is 0.251 e. The monoisotopic (exact) mass is 344 g/mol. The van der Waals surface area contributed by atoms with Crippen molar-refractivity contribution in [2.45, 2.75) is 30.0 Å². The number of fused-ring (bicyclic) bond motifs is 1. The number of carbonyl (C=O) groups excluding carboxylic acids is 2. The SMILES string of the molecule is C[C@H](NC(=O)c1ccc2c(c1)NC(=O)[C@@H](C)S2)c1ccccc1F. The molecule has 0 spiro atoms. The van der Waals surface area contributed by atoms with Crippen LogP contribution in [0.3, 0.4) is 0 Å². The fourth-order valence-corrected chi connectivity index (χ4v) is 3.46. The van der Waals surface area contributed by atoms with Gasteiger partial charge in [0.2, 0.25) is 5.91 Å². The van der Waals surface area contributed by atoms with E-state index in [2.05, 4.69) is 10.6 Å². The maximum atomic E-state index is 13.8. The Kier molecular flexibility index (Phi) is 4.57. The molecule has 1 heterocycles. The highest BCUT2D eigenvalue weighted by molar-refractivity contribution is 8.00. The fraction of sp³-hybridized carbons (Fsp3) is 0.222. The molecule has 1 aliphatic heterocycles. The Bertz CT molecular complexity index is 809. The Labute approximate surface area is 143 Å². The van der Waals surface area contributed by atoms with Gasteiger partial charge in [0, 0.05) is 16.0 Å². The number of nitrogens with one attached hydrogen (secondary N) is 2. The van der Waals surface area contributed by atoms with Crippen LogP contribution in [-0.4, -0.2) is 17.1 Å². The van der Waals surface area contributed by atoms with Gasteiger partial charge in [0.05, 0.1) is 17.0 Å². The topological polar surface area (TPSA) is 58.2 Å². The molecule has 0 fully saturated rings. The summed E-state index contributed by atoms with van der Waals surface area (Å²) < 4.78 is 13.8. The van der Waals surface area contributed by atoms with Crippen LogP contribution >= 0.6 is 11.8 Å². The van der Waals surface area contributed by atoms with E-state index in [1.807, 2.05) is 13.0 Å². The Morgan fingerprint density at radius 3 is 2.79 bits per heavy atom. The van der Waals surface area contributed by atoms with Gasteiger partial charge in [-0.2, -0.15) is 0 Å². The van der Waals surface area contributed by atoms with E-state index in [4.69, 9.17) is 0 Å². The van der Waals surface area contributed by atoms with Gasteiger partial charge in [-0.15, -0.1) is 11.8 Å². The molecule has 124 valence electrons. The third kappa shape index (κ3) is 3.28. The molecule has 4 nitrogen and oxygen atoms in total. The molecule has 0 bridgehead atoms. The number of hydrogen-bond donors (Lipinski definition) is 2. The molecule has 2 amide bonds. The van der Waals surface area contributed by atoms with Crippen molar-refractivity contribution in [1.29, 1.82) is 0 Å². The third-order valence-corrected chi connectivity index (χ3v) is 5.07. The van der Waals surface area contributed by atoms with Crippen molar-refractivity contribution in [2.24, 2.45) is 0 Å². The minimum absolute atomic E-state index is 0.0789. The first-order chi connectivity index (χ1) is 11.5. The summed E-state index contributed by atoms with van der Waals surface area (Å²) in [5.74, 6) is -0.746. The van der Waals surface area contributed by atoms with E-state index < -0.39 is 6.04 Å². The van der Waals surface area contributed by atoms with Gasteiger partial charge in [0.15, 0.2) is 0 Å². The van der Waals surface area contributed by atoms with Crippen LogP contribution in [0.15, 0.2) is 47.4 Å². The van der Waals surface area contributed by atoms with Crippen molar-refractivity contribution in [2.75, 3.05) is 5.32 Å². The first kappa shape index (κ1) is 16.5. The molecule has 6 heteroatoms. The van der Waals surface area contributed by atoms with Crippen molar-refractivity contribution >= 4 is 29.3 Å². The molecular weight excluding hydrogens is 327 g/mol. The number of anilines is 1. The summed E-state index contributed by atoms with van der Waals surface area (Å²) in [6, 6.07) is 11.1. The fourth-order valence-electron chi connectivity index (χ4n) is 2.53. The molecule has 0 unspecified atom stereocenters. The maximum absolute atomic E-state index is 13.8. The summed E-state index contributed by atoms with van der Waals surface area (Å²) in [7, 11) is 0. The van der Waals surface area contributed by atoms with Gasteiger partial charge < -0.3 is 10.6 Å². The molecule has 2 atom stereocenters. The van der Waals surface area contributed by atoms with E-state index >= 15 is 0 Å². The molecule has 3 rings (SSSR count). The zero-order valence-electron chi connectivity index (χ0n) is 13.3. The summed E-state index contributed by atoms with van der Waals surface area (Å²) in [5, 5.41) is 5.43. The first-order valence-electron chi connectivity index (χ1n) is 7.62. The van der Waals surface area contributed by atoms with Crippen molar-refractivity contribution in [1.82, 2.24) is 5.32 Å². The summed E-state index contributed by atoms with van der Waals surface area (Å²) in [6.45, 7) is 3.56. The van der Waals surface area contributed by atoms with E-state index in [-0.39, 0.29) is 22.9 Å². The minimum atomic E-state index is -0.460. The zero-order valence-corrected chi connectivity index (χ0v) is 14.1. The highest BCUT2D eigenvalue weighted by Gasteiger charge is 2.24. The lowest BCUT2D eigenvalue weighted by Crippen LogP contribution is -2.29. The quantitative estimate of drug-likeness (QED) is 0.891. The molecule has 1 aliphatic rings. The van der Waals surface area contributed by atoms with Gasteiger partial charge in [0.25, 0.3) is 5.91 Å². The number of benzene rings is 2. The Hall–Kier alpha value is -2.34. The summed E-state index contributed by atoms with van der Waals surface area (Å²) in [6.07, 6.45) is 0. The van der Waals surface area contributed by atoms with Crippen LogP contribution in [-0.2, 0) is 4.79 Å². The Morgan fingerprint density at radius 2 is 2.04 bits per heavy atom. The molecule has 0 aliphatic carbocycles. The van der Waals surface area contributed by atoms with Crippen molar-refractivity contribution < 1.29 is 14.0 Å². The number of halogens is 1. The number of rotatable bonds is 3. The van der Waals surface area contributed by atoms with Crippen LogP contribution in [0.4, 0.5) is 10.1 Å². The number of thioether (sulfide) groups is 1. The lowest BCUT2D eigenvalue weighted by atomic mass is 10.1. The van der Waals surface area contributed by atoms with Crippen LogP contribution in [0.25, 0.3) is 0 Å². The normalized spacial score (nSPS) is 17.6. The lowest BCUT2D eigenvalue weighted by Gasteiger charge is -2.22. The predicted molar refractivity (Wildman–Crippen MR) is 92.7 cm³/mol. The zero-order chi connectivity index (χ0) is 17.3. The molecular formula is C18H17FN2O2S. The standard InChI is InChI=1S/C18H17FN2O2S/c1-10(13-5-3-4-6-14(13)19)20-18(23)12-7-8-16-15(9-12)21-17(22)11(2)24-16/h3-11H,1-2H3,(H,20,23)(H,21,22)/t10-,11+/m0/s1. The second-order valence-electron chi connectivity index (χ2n) is 5.68. The largest absolute Gasteiger partial charge is 0.345 e. The summed E-state index contributed by atoms with van der Waals surface area (Å²) >= 11 is 1.46. The van der Waals surface area contributed by atoms with Gasteiger partial charge in [-0.25, -0.2) is 4.39 Å². The highest BCUT2D eigenvalue weighted by Crippen LogP contribution is 2.36. The molecule has 0 radical (unpaired) electrons. The van der Waals surface area contributed by atoms with Gasteiger partial charge >= 0.3 is 0 Å². The number of hydrogen-bond acceptors (Lipinski definition) is 3. The second kappa shape index (κ2) is 6.65. The van der Waals surface area contributed by atoms with Gasteiger partial charge in [-0.05, 0) is 38.1 Å². The minimum Gasteiger partial charge on any atom is -0.345 e. The molecule has 24 heavy (non-hydrogen) atoms. The average Bonchev–Trinajstić information content (AvgIpc) is 2.55. The van der Waals surface area contributed by atoms with E-state index in [0.29, 0.717) is 16.8 Å². The van der Waals surface area contributed by atoms with E-state index in [0.717, 1.165) is 4.90 Å². The molecule has 2 aromatic carbocycles. The Morgan fingerprint density at radius 1 is 1.29 bits per heavy atom. The van der Waals surface area contributed by atoms with Crippen LogP contribution in [0.5, 0.6) is 0 Å². The average molecular weight is 344 g/mol. The van der Waals surface area contributed by atoms with Gasteiger partial charge in [-0.1, -0.05) is 18.2 Å². The lowest BCUT2D eigenvalue weighted by molar-refractivity contribution is -0.115. The van der Waals surface area contributed by atoms with Gasteiger partial charge in [0.1, 0.15) is 5.82 Å². The van der Waals surface area contributed by atoms with Crippen molar-refractivity contribution in [3.05, 3.63) is 59.4 Å². The van der Waals surface area contributed by atoms with E-state index in [1.165, 1.54) is 17.8 Å². The van der Waals surface area contributed by atoms with E-state index in [9.17, 15) is 14.0 Å². The smallest absolute Gasteiger partial charge is 0.251 e. The third-order valence-electron chi connectivity index (χ3n) is 3.89. The highest BCUT2D eigenvalue weighted by atomic mass is 32.2. The predicted octanol–water partition coefficient (Wildman–Crippen LogP) is 3.75. The Balaban J connectivity index is 1.78.